The smallest absolute Gasteiger partial charge is 0.389 e. The van der Waals surface area contributed by atoms with E-state index in [1.165, 1.54) is 12.3 Å². The highest BCUT2D eigenvalue weighted by Gasteiger charge is 2.38. The van der Waals surface area contributed by atoms with Crippen molar-refractivity contribution in [2.45, 2.75) is 58.2 Å². The van der Waals surface area contributed by atoms with E-state index in [1.807, 2.05) is 25.1 Å². The predicted molar refractivity (Wildman–Crippen MR) is 139 cm³/mol. The molecular formula is C30H28F3N3O2. The highest BCUT2D eigenvalue weighted by molar-refractivity contribution is 6.06. The van der Waals surface area contributed by atoms with E-state index in [4.69, 9.17) is 4.84 Å². The Balaban J connectivity index is 1.68. The number of alkyl halides is 3. The molecule has 0 aliphatic carbocycles. The number of ketones is 1. The first-order valence-electron chi connectivity index (χ1n) is 12.4. The number of nitriles is 1. The maximum absolute atomic E-state index is 13.5. The lowest BCUT2D eigenvalue weighted by molar-refractivity contribution is -0.141. The van der Waals surface area contributed by atoms with Gasteiger partial charge in [-0.3, -0.25) is 9.78 Å². The summed E-state index contributed by atoms with van der Waals surface area (Å²) in [5.74, 6) is -0.321. The number of carbonyl (C=O) groups excluding carboxylic acids is 1. The fourth-order valence-electron chi connectivity index (χ4n) is 4.34. The molecule has 0 saturated carbocycles. The van der Waals surface area contributed by atoms with Gasteiger partial charge < -0.3 is 4.84 Å². The van der Waals surface area contributed by atoms with Crippen molar-refractivity contribution in [2.75, 3.05) is 0 Å². The van der Waals surface area contributed by atoms with Crippen LogP contribution in [0.5, 0.6) is 0 Å². The largest absolute Gasteiger partial charge is 0.433 e. The molecule has 5 nitrogen and oxygen atoms in total. The van der Waals surface area contributed by atoms with Gasteiger partial charge in [-0.1, -0.05) is 50.2 Å². The Hall–Kier alpha value is -3.99. The van der Waals surface area contributed by atoms with E-state index in [2.05, 4.69) is 30.1 Å². The number of pyridine rings is 1. The lowest BCUT2D eigenvalue weighted by Gasteiger charge is -2.25. The van der Waals surface area contributed by atoms with Crippen LogP contribution in [-0.4, -0.2) is 22.1 Å². The number of nitrogens with zero attached hydrogens (tertiary/aromatic N) is 3. The second-order valence-corrected chi connectivity index (χ2v) is 10.2. The van der Waals surface area contributed by atoms with Crippen LogP contribution in [-0.2, 0) is 11.0 Å². The molecular weight excluding hydrogens is 491 g/mol. The molecule has 1 aliphatic rings. The Morgan fingerprint density at radius 1 is 1.11 bits per heavy atom. The number of Topliss-reactive ketones (excluding diaryl/α,β-unsaturated/α-hetero) is 1. The van der Waals surface area contributed by atoms with Crippen LogP contribution in [0, 0.1) is 17.2 Å². The van der Waals surface area contributed by atoms with Crippen LogP contribution < -0.4 is 0 Å². The Bertz CT molecular complexity index is 1420. The van der Waals surface area contributed by atoms with E-state index in [0.29, 0.717) is 39.9 Å². The summed E-state index contributed by atoms with van der Waals surface area (Å²) >= 11 is 0. The first kappa shape index (κ1) is 27.1. The maximum atomic E-state index is 13.5. The molecule has 0 bridgehead atoms. The van der Waals surface area contributed by atoms with Crippen molar-refractivity contribution < 1.29 is 22.8 Å². The molecule has 2 atom stereocenters. The molecule has 3 aromatic rings. The Kier molecular flexibility index (Phi) is 7.41. The molecule has 0 fully saturated rings. The molecule has 0 radical (unpaired) electrons. The van der Waals surface area contributed by atoms with Gasteiger partial charge in [0.25, 0.3) is 0 Å². The Morgan fingerprint density at radius 2 is 1.82 bits per heavy atom. The summed E-state index contributed by atoms with van der Waals surface area (Å²) in [4.78, 5) is 22.8. The zero-order valence-corrected chi connectivity index (χ0v) is 21.6. The number of hydrogen-bond acceptors (Lipinski definition) is 5. The molecule has 1 aliphatic heterocycles. The molecule has 0 N–H and O–H groups in total. The zero-order valence-electron chi connectivity index (χ0n) is 21.6. The maximum Gasteiger partial charge on any atom is 0.433 e. The minimum atomic E-state index is -4.52. The highest BCUT2D eigenvalue weighted by atomic mass is 19.4. The van der Waals surface area contributed by atoms with Gasteiger partial charge in [-0.25, -0.2) is 0 Å². The van der Waals surface area contributed by atoms with E-state index < -0.39 is 17.5 Å². The molecule has 1 aromatic heterocycles. The lowest BCUT2D eigenvalue weighted by atomic mass is 9.85. The van der Waals surface area contributed by atoms with Gasteiger partial charge in [-0.2, -0.15) is 18.4 Å². The molecule has 0 amide bonds. The summed E-state index contributed by atoms with van der Waals surface area (Å²) in [5, 5.41) is 14.0. The standard InChI is InChI=1S/C30H28F3N3O2/c1-18(2)29(4)15-26(36-38-29)23-12-22(25-8-6-5-7-20(25)16-34)13-24(14-23)27(37)11-19(3)21-9-10-28(35-17-21)30(31,32)33/h5-10,12-14,17-19H,11,15H2,1-4H3. The number of benzene rings is 2. The number of aromatic nitrogens is 1. The van der Waals surface area contributed by atoms with Gasteiger partial charge in [-0.15, -0.1) is 0 Å². The molecule has 4 rings (SSSR count). The highest BCUT2D eigenvalue weighted by Crippen LogP contribution is 2.35. The van der Waals surface area contributed by atoms with Crippen LogP contribution in [0.25, 0.3) is 11.1 Å². The summed E-state index contributed by atoms with van der Waals surface area (Å²) in [6, 6.07) is 17.1. The molecule has 2 heterocycles. The van der Waals surface area contributed by atoms with Crippen LogP contribution in [0.3, 0.4) is 0 Å². The quantitative estimate of drug-likeness (QED) is 0.302. The van der Waals surface area contributed by atoms with Gasteiger partial charge >= 0.3 is 6.18 Å². The molecule has 38 heavy (non-hydrogen) atoms. The van der Waals surface area contributed by atoms with Gasteiger partial charge in [0.05, 0.1) is 17.3 Å². The van der Waals surface area contributed by atoms with E-state index >= 15 is 0 Å². The van der Waals surface area contributed by atoms with Crippen LogP contribution in [0.2, 0.25) is 0 Å². The molecule has 2 unspecified atom stereocenters. The Morgan fingerprint density at radius 3 is 2.42 bits per heavy atom. The monoisotopic (exact) mass is 519 g/mol. The normalized spacial score (nSPS) is 18.0. The predicted octanol–water partition coefficient (Wildman–Crippen LogP) is 7.55. The molecule has 0 saturated heterocycles. The van der Waals surface area contributed by atoms with Gasteiger partial charge in [0.1, 0.15) is 11.3 Å². The summed E-state index contributed by atoms with van der Waals surface area (Å²) in [5.41, 5.74) is 2.84. The van der Waals surface area contributed by atoms with Gasteiger partial charge in [0, 0.05) is 30.2 Å². The van der Waals surface area contributed by atoms with Crippen molar-refractivity contribution in [3.8, 4) is 17.2 Å². The minimum absolute atomic E-state index is 0.0719. The third-order valence-electron chi connectivity index (χ3n) is 7.19. The topological polar surface area (TPSA) is 75.3 Å². The third-order valence-corrected chi connectivity index (χ3v) is 7.19. The molecule has 2 aromatic carbocycles. The lowest BCUT2D eigenvalue weighted by Crippen LogP contribution is -2.31. The first-order valence-corrected chi connectivity index (χ1v) is 12.4. The van der Waals surface area contributed by atoms with E-state index in [9.17, 15) is 23.2 Å². The second-order valence-electron chi connectivity index (χ2n) is 10.2. The van der Waals surface area contributed by atoms with E-state index in [-0.39, 0.29) is 24.0 Å². The van der Waals surface area contributed by atoms with Crippen LogP contribution in [0.1, 0.15) is 79.2 Å². The van der Waals surface area contributed by atoms with Gasteiger partial charge in [0.2, 0.25) is 0 Å². The number of halogens is 3. The van der Waals surface area contributed by atoms with E-state index in [0.717, 1.165) is 11.6 Å². The fourth-order valence-corrected chi connectivity index (χ4v) is 4.34. The third kappa shape index (κ3) is 5.62. The summed E-state index contributed by atoms with van der Waals surface area (Å²) in [7, 11) is 0. The van der Waals surface area contributed by atoms with Gasteiger partial charge in [-0.05, 0) is 65.8 Å². The van der Waals surface area contributed by atoms with Crippen molar-refractivity contribution in [3.05, 3.63) is 88.7 Å². The number of oxime groups is 1. The number of carbonyl (C=O) groups is 1. The summed E-state index contributed by atoms with van der Waals surface area (Å²) < 4.78 is 38.7. The van der Waals surface area contributed by atoms with Crippen LogP contribution >= 0.6 is 0 Å². The molecule has 8 heteroatoms. The summed E-state index contributed by atoms with van der Waals surface area (Å²) in [6.07, 6.45) is -2.71. The van der Waals surface area contributed by atoms with Crippen molar-refractivity contribution >= 4 is 11.5 Å². The second kappa shape index (κ2) is 10.4. The minimum Gasteiger partial charge on any atom is -0.389 e. The molecule has 196 valence electrons. The SMILES string of the molecule is CC(CC(=O)c1cc(C2=NOC(C)(C(C)C)C2)cc(-c2ccccc2C#N)c1)c1ccc(C(F)(F)F)nc1. The van der Waals surface area contributed by atoms with Crippen LogP contribution in [0.4, 0.5) is 13.2 Å². The Labute approximate surface area is 220 Å². The van der Waals surface area contributed by atoms with Crippen LogP contribution in [0.15, 0.2) is 65.9 Å². The summed E-state index contributed by atoms with van der Waals surface area (Å²) in [6.45, 7) is 7.89. The first-order chi connectivity index (χ1) is 17.9. The average Bonchev–Trinajstić information content (AvgIpc) is 3.31. The van der Waals surface area contributed by atoms with Crippen molar-refractivity contribution in [3.63, 3.8) is 0 Å². The zero-order chi connectivity index (χ0) is 27.7. The number of hydrogen-bond donors (Lipinski definition) is 0. The average molecular weight is 520 g/mol. The van der Waals surface area contributed by atoms with Crippen molar-refractivity contribution in [1.82, 2.24) is 4.98 Å². The van der Waals surface area contributed by atoms with E-state index in [1.54, 1.807) is 31.2 Å². The van der Waals surface area contributed by atoms with Crippen molar-refractivity contribution in [2.24, 2.45) is 11.1 Å². The van der Waals surface area contributed by atoms with Gasteiger partial charge in [0.15, 0.2) is 5.78 Å². The fraction of sp³-hybridized carbons (Fsp3) is 0.333. The van der Waals surface area contributed by atoms with Crippen molar-refractivity contribution in [1.29, 1.82) is 5.26 Å². The molecule has 0 spiro atoms. The number of rotatable bonds is 7.